The van der Waals surface area contributed by atoms with Gasteiger partial charge in [-0.1, -0.05) is 42.2 Å². The van der Waals surface area contributed by atoms with Gasteiger partial charge in [-0.25, -0.2) is 9.37 Å². The van der Waals surface area contributed by atoms with Gasteiger partial charge in [0.25, 0.3) is 5.56 Å². The molecule has 180 valence electrons. The molecule has 10 heteroatoms. The summed E-state index contributed by atoms with van der Waals surface area (Å²) in [6.07, 6.45) is 2.94. The fourth-order valence-corrected chi connectivity index (χ4v) is 6.35. The van der Waals surface area contributed by atoms with Gasteiger partial charge < -0.3 is 4.90 Å². The maximum absolute atomic E-state index is 13.7. The Balaban J connectivity index is 1.65. The molecule has 1 amide bonds. The summed E-state index contributed by atoms with van der Waals surface area (Å²) in [5, 5.41) is 0.369. The number of amides is 1. The predicted molar refractivity (Wildman–Crippen MR) is 141 cm³/mol. The second-order valence-electron chi connectivity index (χ2n) is 8.26. The van der Waals surface area contributed by atoms with Crippen LogP contribution in [0.15, 0.2) is 58.5 Å². The lowest BCUT2D eigenvalue weighted by atomic mass is 10.1. The molecule has 0 N–H and O–H groups in total. The van der Waals surface area contributed by atoms with Crippen molar-refractivity contribution in [1.82, 2.24) is 19.0 Å². The second kappa shape index (κ2) is 10.0. The molecule has 0 radical (unpaired) electrons. The SMILES string of the molecule is CCc1ccc(-n2c(=S)sc3c(=O)n(-c4ccc(F)cc4)c(SCC(=O)N4CCCC4)nc32)cc1. The average Bonchev–Trinajstić information content (AvgIpc) is 3.52. The van der Waals surface area contributed by atoms with Crippen LogP contribution in [0.4, 0.5) is 4.39 Å². The van der Waals surface area contributed by atoms with Crippen LogP contribution in [0.5, 0.6) is 0 Å². The minimum atomic E-state index is -0.397. The Morgan fingerprint density at radius 2 is 1.69 bits per heavy atom. The molecular weight excluding hydrogens is 504 g/mol. The molecule has 2 aromatic carbocycles. The van der Waals surface area contributed by atoms with Crippen molar-refractivity contribution in [2.45, 2.75) is 31.3 Å². The van der Waals surface area contributed by atoms with Gasteiger partial charge in [0.05, 0.1) is 11.4 Å². The highest BCUT2D eigenvalue weighted by atomic mass is 32.2. The van der Waals surface area contributed by atoms with E-state index in [1.165, 1.54) is 57.5 Å². The van der Waals surface area contributed by atoms with E-state index in [0.29, 0.717) is 25.1 Å². The van der Waals surface area contributed by atoms with Crippen molar-refractivity contribution in [2.24, 2.45) is 0 Å². The van der Waals surface area contributed by atoms with E-state index in [2.05, 4.69) is 6.92 Å². The highest BCUT2D eigenvalue weighted by Gasteiger charge is 2.22. The van der Waals surface area contributed by atoms with E-state index >= 15 is 0 Å². The average molecular weight is 527 g/mol. The number of carbonyl (C=O) groups is 1. The smallest absolute Gasteiger partial charge is 0.278 e. The summed E-state index contributed by atoms with van der Waals surface area (Å²) in [5.41, 5.74) is 2.68. The number of hydrogen-bond acceptors (Lipinski definition) is 6. The lowest BCUT2D eigenvalue weighted by Gasteiger charge is -2.16. The van der Waals surface area contributed by atoms with Gasteiger partial charge in [-0.3, -0.25) is 18.7 Å². The summed E-state index contributed by atoms with van der Waals surface area (Å²) in [6, 6.07) is 13.7. The van der Waals surface area contributed by atoms with Crippen molar-refractivity contribution in [3.8, 4) is 11.4 Å². The van der Waals surface area contributed by atoms with Crippen LogP contribution >= 0.6 is 35.3 Å². The molecule has 1 saturated heterocycles. The topological polar surface area (TPSA) is 60.1 Å². The van der Waals surface area contributed by atoms with Gasteiger partial charge in [0.1, 0.15) is 10.5 Å². The minimum Gasteiger partial charge on any atom is -0.342 e. The Bertz CT molecular complexity index is 1500. The monoisotopic (exact) mass is 526 g/mol. The highest BCUT2D eigenvalue weighted by molar-refractivity contribution is 7.99. The molecule has 1 aliphatic heterocycles. The second-order valence-corrected chi connectivity index (χ2v) is 10.9. The largest absolute Gasteiger partial charge is 0.342 e. The number of nitrogens with zero attached hydrogens (tertiary/aromatic N) is 4. The third-order valence-electron chi connectivity index (χ3n) is 6.05. The number of halogens is 1. The van der Waals surface area contributed by atoms with Crippen molar-refractivity contribution < 1.29 is 9.18 Å². The van der Waals surface area contributed by atoms with Crippen molar-refractivity contribution >= 4 is 51.6 Å². The quantitative estimate of drug-likeness (QED) is 0.192. The molecule has 0 aliphatic carbocycles. The van der Waals surface area contributed by atoms with Gasteiger partial charge in [-0.05, 0) is 73.4 Å². The Labute approximate surface area is 215 Å². The van der Waals surface area contributed by atoms with Crippen molar-refractivity contribution in [1.29, 1.82) is 0 Å². The summed E-state index contributed by atoms with van der Waals surface area (Å²) in [7, 11) is 0. The van der Waals surface area contributed by atoms with Crippen LogP contribution in [0.2, 0.25) is 0 Å². The Morgan fingerprint density at radius 3 is 2.34 bits per heavy atom. The number of carbonyl (C=O) groups excluding carboxylic acids is 1. The van der Waals surface area contributed by atoms with Gasteiger partial charge >= 0.3 is 0 Å². The first-order chi connectivity index (χ1) is 17.0. The van der Waals surface area contributed by atoms with Crippen LogP contribution in [0.25, 0.3) is 21.7 Å². The minimum absolute atomic E-state index is 0.0183. The number of thiazole rings is 1. The van der Waals surface area contributed by atoms with Gasteiger partial charge in [-0.2, -0.15) is 0 Å². The summed E-state index contributed by atoms with van der Waals surface area (Å²) in [6.45, 7) is 3.61. The van der Waals surface area contributed by atoms with E-state index in [1.807, 2.05) is 29.2 Å². The van der Waals surface area contributed by atoms with Crippen LogP contribution < -0.4 is 5.56 Å². The van der Waals surface area contributed by atoms with Gasteiger partial charge in [0.15, 0.2) is 14.8 Å². The molecule has 0 spiro atoms. The Hall–Kier alpha value is -2.82. The number of likely N-dealkylation sites (tertiary alicyclic amines) is 1. The van der Waals surface area contributed by atoms with Gasteiger partial charge in [-0.15, -0.1) is 0 Å². The number of rotatable bonds is 6. The summed E-state index contributed by atoms with van der Waals surface area (Å²) >= 11 is 8.04. The number of aryl methyl sites for hydroxylation is 1. The number of aromatic nitrogens is 3. The van der Waals surface area contributed by atoms with Crippen molar-refractivity contribution in [2.75, 3.05) is 18.8 Å². The molecule has 1 aliphatic rings. The zero-order valence-electron chi connectivity index (χ0n) is 19.1. The van der Waals surface area contributed by atoms with E-state index in [1.54, 1.807) is 4.57 Å². The van der Waals surface area contributed by atoms with Gasteiger partial charge in [0, 0.05) is 18.8 Å². The van der Waals surface area contributed by atoms with E-state index < -0.39 is 5.82 Å². The Morgan fingerprint density at radius 1 is 1.06 bits per heavy atom. The van der Waals surface area contributed by atoms with Crippen LogP contribution in [0, 0.1) is 9.77 Å². The molecule has 1 fully saturated rings. The molecule has 0 bridgehead atoms. The van der Waals surface area contributed by atoms with Crippen LogP contribution in [0.1, 0.15) is 25.3 Å². The fourth-order valence-electron chi connectivity index (χ4n) is 4.14. The third kappa shape index (κ3) is 4.70. The lowest BCUT2D eigenvalue weighted by Crippen LogP contribution is -2.29. The maximum Gasteiger partial charge on any atom is 0.278 e. The third-order valence-corrected chi connectivity index (χ3v) is 8.32. The molecule has 0 unspecified atom stereocenters. The van der Waals surface area contributed by atoms with Crippen molar-refractivity contribution in [3.05, 3.63) is 74.2 Å². The first kappa shape index (κ1) is 23.9. The zero-order valence-corrected chi connectivity index (χ0v) is 21.5. The standard InChI is InChI=1S/C25H23FN4O2S3/c1-2-16-5-9-18(10-6-16)29-22-21(35-25(29)33)23(32)30(19-11-7-17(26)8-12-19)24(27-22)34-15-20(31)28-13-3-4-14-28/h5-12H,2-4,13-15H2,1H3. The number of fused-ring (bicyclic) bond motifs is 1. The van der Waals surface area contributed by atoms with Crippen LogP contribution in [-0.2, 0) is 11.2 Å². The maximum atomic E-state index is 13.7. The highest BCUT2D eigenvalue weighted by Crippen LogP contribution is 2.28. The zero-order chi connectivity index (χ0) is 24.5. The first-order valence-corrected chi connectivity index (χ1v) is 13.6. The molecule has 3 heterocycles. The van der Waals surface area contributed by atoms with Crippen LogP contribution in [-0.4, -0.2) is 43.8 Å². The van der Waals surface area contributed by atoms with Gasteiger partial charge in [0.2, 0.25) is 5.91 Å². The molecule has 0 saturated carbocycles. The van der Waals surface area contributed by atoms with E-state index in [0.717, 1.165) is 38.0 Å². The molecule has 35 heavy (non-hydrogen) atoms. The fraction of sp³-hybridized carbons (Fsp3) is 0.280. The first-order valence-electron chi connectivity index (χ1n) is 11.4. The molecular formula is C25H23FN4O2S3. The predicted octanol–water partition coefficient (Wildman–Crippen LogP) is 5.38. The van der Waals surface area contributed by atoms with Crippen LogP contribution in [0.3, 0.4) is 0 Å². The molecule has 4 aromatic rings. The number of thioether (sulfide) groups is 1. The van der Waals surface area contributed by atoms with E-state index in [9.17, 15) is 14.0 Å². The summed E-state index contributed by atoms with van der Waals surface area (Å²) in [5.74, 6) is -0.216. The summed E-state index contributed by atoms with van der Waals surface area (Å²) in [4.78, 5) is 33.1. The molecule has 6 nitrogen and oxygen atoms in total. The molecule has 2 aromatic heterocycles. The van der Waals surface area contributed by atoms with E-state index in [-0.39, 0.29) is 17.2 Å². The number of benzene rings is 2. The van der Waals surface area contributed by atoms with E-state index in [4.69, 9.17) is 17.2 Å². The molecule has 5 rings (SSSR count). The Kier molecular flexibility index (Phi) is 6.86. The molecule has 0 atom stereocenters. The normalized spacial score (nSPS) is 13.6. The lowest BCUT2D eigenvalue weighted by molar-refractivity contribution is -0.127. The number of hydrogen-bond donors (Lipinski definition) is 0. The van der Waals surface area contributed by atoms with Crippen molar-refractivity contribution in [3.63, 3.8) is 0 Å². The summed E-state index contributed by atoms with van der Waals surface area (Å²) < 4.78 is 17.8.